The number of aliphatic carboxylic acids is 2. The molecule has 0 aliphatic rings. The van der Waals surface area contributed by atoms with E-state index in [1.165, 1.54) is 6.20 Å². The summed E-state index contributed by atoms with van der Waals surface area (Å²) >= 11 is 0. The Balaban J connectivity index is 3.72. The zero-order valence-corrected chi connectivity index (χ0v) is 18.3. The molecule has 0 amide bonds. The Hall–Kier alpha value is -2.99. The van der Waals surface area contributed by atoms with Crippen molar-refractivity contribution < 1.29 is 24.9 Å². The minimum absolute atomic E-state index is 0.00725. The summed E-state index contributed by atoms with van der Waals surface area (Å²) in [6.45, 7) is 8.70. The summed E-state index contributed by atoms with van der Waals surface area (Å²) in [5.74, 6) is 2.03. The normalized spacial score (nSPS) is 15.1. The molecule has 0 fully saturated rings. The Labute approximate surface area is 178 Å². The van der Waals surface area contributed by atoms with Crippen molar-refractivity contribution in [2.75, 3.05) is 0 Å². The van der Waals surface area contributed by atoms with Gasteiger partial charge in [0.1, 0.15) is 5.75 Å². The van der Waals surface area contributed by atoms with Crippen molar-refractivity contribution in [1.29, 1.82) is 0 Å². The van der Waals surface area contributed by atoms with E-state index in [-0.39, 0.29) is 43.3 Å². The van der Waals surface area contributed by atoms with Gasteiger partial charge >= 0.3 is 11.9 Å². The molecule has 6 heteroatoms. The first-order valence-electron chi connectivity index (χ1n) is 9.89. The van der Waals surface area contributed by atoms with Crippen molar-refractivity contribution in [2.45, 2.75) is 60.3 Å². The van der Waals surface area contributed by atoms with E-state index in [1.54, 1.807) is 34.6 Å². The van der Waals surface area contributed by atoms with Crippen LogP contribution < -0.4 is 0 Å². The maximum Gasteiger partial charge on any atom is 0.311 e. The fraction of sp³-hybridized carbons (Fsp3) is 0.542. The smallest absolute Gasteiger partial charge is 0.311 e. The summed E-state index contributed by atoms with van der Waals surface area (Å²) in [6.07, 6.45) is 12.4. The van der Waals surface area contributed by atoms with Crippen LogP contribution in [0.4, 0.5) is 0 Å². The van der Waals surface area contributed by atoms with E-state index in [0.717, 1.165) is 0 Å². The van der Waals surface area contributed by atoms with Crippen molar-refractivity contribution in [3.05, 3.63) is 23.0 Å². The third kappa shape index (κ3) is 4.60. The number of pyridine rings is 1. The van der Waals surface area contributed by atoms with Gasteiger partial charge in [-0.1, -0.05) is 27.7 Å². The minimum atomic E-state index is -1.31. The Morgan fingerprint density at radius 1 is 1.00 bits per heavy atom. The van der Waals surface area contributed by atoms with Gasteiger partial charge in [-0.25, -0.2) is 0 Å². The first kappa shape index (κ1) is 25.0. The maximum atomic E-state index is 12.3. The molecule has 3 N–H and O–H groups in total. The highest BCUT2D eigenvalue weighted by Crippen LogP contribution is 2.42. The van der Waals surface area contributed by atoms with Crippen molar-refractivity contribution in [2.24, 2.45) is 22.7 Å². The third-order valence-corrected chi connectivity index (χ3v) is 6.33. The Bertz CT molecular complexity index is 890. The highest BCUT2D eigenvalue weighted by molar-refractivity contribution is 5.77. The van der Waals surface area contributed by atoms with E-state index in [4.69, 9.17) is 12.8 Å². The molecule has 0 aliphatic heterocycles. The molecule has 0 radical (unpaired) electrons. The molecular formula is C24H31NO5. The number of hydrogen-bond acceptors (Lipinski definition) is 4. The molecule has 2 unspecified atom stereocenters. The van der Waals surface area contributed by atoms with Crippen LogP contribution in [0.2, 0.25) is 0 Å². The molecule has 1 aromatic rings. The van der Waals surface area contributed by atoms with Crippen LogP contribution in [0, 0.1) is 54.3 Å². The molecule has 1 aromatic heterocycles. The Kier molecular flexibility index (Phi) is 8.08. The molecule has 2 atom stereocenters. The second-order valence-corrected chi connectivity index (χ2v) is 8.54. The van der Waals surface area contributed by atoms with Gasteiger partial charge in [0.25, 0.3) is 0 Å². The number of aromatic nitrogens is 1. The van der Waals surface area contributed by atoms with Crippen molar-refractivity contribution >= 4 is 11.9 Å². The van der Waals surface area contributed by atoms with Gasteiger partial charge in [0.2, 0.25) is 0 Å². The topological polar surface area (TPSA) is 108 Å². The summed E-state index contributed by atoms with van der Waals surface area (Å²) in [6, 6.07) is 0. The number of rotatable bonds is 10. The van der Waals surface area contributed by atoms with Gasteiger partial charge in [0.15, 0.2) is 0 Å². The predicted molar refractivity (Wildman–Crippen MR) is 115 cm³/mol. The summed E-state index contributed by atoms with van der Waals surface area (Å²) in [5.41, 5.74) is -1.43. The summed E-state index contributed by atoms with van der Waals surface area (Å²) < 4.78 is 0. The molecule has 6 nitrogen and oxygen atoms in total. The van der Waals surface area contributed by atoms with Gasteiger partial charge in [0, 0.05) is 24.6 Å². The van der Waals surface area contributed by atoms with Gasteiger partial charge in [-0.15, -0.1) is 24.7 Å². The average Bonchev–Trinajstić information content (AvgIpc) is 2.65. The van der Waals surface area contributed by atoms with Gasteiger partial charge < -0.3 is 15.3 Å². The first-order chi connectivity index (χ1) is 13.9. The fourth-order valence-electron chi connectivity index (χ4n) is 3.79. The molecule has 0 saturated heterocycles. The van der Waals surface area contributed by atoms with E-state index < -0.39 is 22.8 Å². The predicted octanol–water partition coefficient (Wildman–Crippen LogP) is 3.68. The monoisotopic (exact) mass is 413 g/mol. The number of terminal acetylenes is 2. The van der Waals surface area contributed by atoms with Crippen LogP contribution in [0.25, 0.3) is 0 Å². The number of hydrogen-bond donors (Lipinski definition) is 3. The van der Waals surface area contributed by atoms with Gasteiger partial charge in [0.05, 0.1) is 16.5 Å². The maximum absolute atomic E-state index is 12.3. The lowest BCUT2D eigenvalue weighted by molar-refractivity contribution is -0.152. The molecular weight excluding hydrogens is 382 g/mol. The highest BCUT2D eigenvalue weighted by Gasteiger charge is 2.45. The van der Waals surface area contributed by atoms with E-state index in [0.29, 0.717) is 16.8 Å². The number of carbonyl (C=O) groups is 2. The second kappa shape index (κ2) is 9.67. The third-order valence-electron chi connectivity index (χ3n) is 6.33. The SMILES string of the molecule is C#CCC(Cc1cnc(C)c(O)c1CC(CC#C)(C(=O)O)C(C)C)(C(=O)O)C(C)C. The van der Waals surface area contributed by atoms with Gasteiger partial charge in [-0.2, -0.15) is 0 Å². The highest BCUT2D eigenvalue weighted by atomic mass is 16.4. The van der Waals surface area contributed by atoms with Gasteiger partial charge in [-0.3, -0.25) is 14.6 Å². The lowest BCUT2D eigenvalue weighted by Crippen LogP contribution is -2.40. The molecule has 162 valence electrons. The molecule has 0 spiro atoms. The quantitative estimate of drug-likeness (QED) is 0.505. The number of carboxylic acid groups (broad SMARTS) is 2. The molecule has 1 rings (SSSR count). The molecule has 0 aromatic carbocycles. The lowest BCUT2D eigenvalue weighted by Gasteiger charge is -2.35. The van der Waals surface area contributed by atoms with Gasteiger partial charge in [-0.05, 0) is 37.2 Å². The van der Waals surface area contributed by atoms with Crippen LogP contribution in [0.3, 0.4) is 0 Å². The summed E-state index contributed by atoms with van der Waals surface area (Å²) in [7, 11) is 0. The first-order valence-corrected chi connectivity index (χ1v) is 9.89. The number of aryl methyl sites for hydroxylation is 1. The molecule has 0 saturated carbocycles. The molecule has 0 bridgehead atoms. The standard InChI is InChI=1S/C24H31NO5/c1-8-10-23(15(3)4,21(27)28)12-18-14-25-17(7)20(26)19(18)13-24(11-9-2,16(5)6)22(29)30/h1-2,14-16,26H,10-13H2,3-7H3,(H,27,28)(H,29,30). The molecule has 0 aliphatic carbocycles. The van der Waals surface area contributed by atoms with E-state index in [1.807, 2.05) is 0 Å². The fourth-order valence-corrected chi connectivity index (χ4v) is 3.79. The number of aromatic hydroxyl groups is 1. The summed E-state index contributed by atoms with van der Waals surface area (Å²) in [4.78, 5) is 28.7. The molecule has 30 heavy (non-hydrogen) atoms. The number of nitrogens with zero attached hydrogens (tertiary/aromatic N) is 1. The van der Waals surface area contributed by atoms with Crippen molar-refractivity contribution in [3.63, 3.8) is 0 Å². The van der Waals surface area contributed by atoms with Crippen molar-refractivity contribution in [3.8, 4) is 30.4 Å². The summed E-state index contributed by atoms with van der Waals surface area (Å²) in [5, 5.41) is 30.8. The minimum Gasteiger partial charge on any atom is -0.506 e. The van der Waals surface area contributed by atoms with Crippen molar-refractivity contribution in [1.82, 2.24) is 4.98 Å². The van der Waals surface area contributed by atoms with Crippen LogP contribution in [-0.4, -0.2) is 32.2 Å². The number of carboxylic acids is 2. The van der Waals surface area contributed by atoms with E-state index in [2.05, 4.69) is 16.8 Å². The Morgan fingerprint density at radius 3 is 1.80 bits per heavy atom. The van der Waals surface area contributed by atoms with Crippen LogP contribution in [0.15, 0.2) is 6.20 Å². The zero-order valence-electron chi connectivity index (χ0n) is 18.3. The van der Waals surface area contributed by atoms with E-state index in [9.17, 15) is 24.9 Å². The van der Waals surface area contributed by atoms with E-state index >= 15 is 0 Å². The van der Waals surface area contributed by atoms with Crippen LogP contribution >= 0.6 is 0 Å². The Morgan fingerprint density at radius 2 is 1.43 bits per heavy atom. The second-order valence-electron chi connectivity index (χ2n) is 8.54. The lowest BCUT2D eigenvalue weighted by atomic mass is 9.67. The van der Waals surface area contributed by atoms with Crippen LogP contribution in [0.1, 0.15) is 57.4 Å². The molecule has 1 heterocycles. The van der Waals surface area contributed by atoms with Crippen LogP contribution in [-0.2, 0) is 22.4 Å². The average molecular weight is 414 g/mol. The van der Waals surface area contributed by atoms with Crippen LogP contribution in [0.5, 0.6) is 5.75 Å². The largest absolute Gasteiger partial charge is 0.506 e. The zero-order chi connectivity index (χ0) is 23.3.